The molecule has 0 aromatic heterocycles. The number of cyclic esters (lactones) is 1. The number of hydrogen-bond donors (Lipinski definition) is 0. The van der Waals surface area contributed by atoms with Crippen LogP contribution in [0.4, 0.5) is 10.1 Å². The van der Waals surface area contributed by atoms with Crippen LogP contribution in [0, 0.1) is 22.9 Å². The van der Waals surface area contributed by atoms with Crippen molar-refractivity contribution in [2.24, 2.45) is 4.99 Å². The van der Waals surface area contributed by atoms with Gasteiger partial charge in [0.1, 0.15) is 18.2 Å². The largest absolute Gasteiger partial charge is 0.486 e. The lowest BCUT2D eigenvalue weighted by Gasteiger charge is -2.12. The van der Waals surface area contributed by atoms with Crippen molar-refractivity contribution in [1.29, 1.82) is 0 Å². The molecular formula is C24H15Br2FN2O5. The molecule has 34 heavy (non-hydrogen) atoms. The van der Waals surface area contributed by atoms with Crippen LogP contribution in [0.25, 0.3) is 6.08 Å². The quantitative estimate of drug-likeness (QED) is 0.142. The lowest BCUT2D eigenvalue weighted by atomic mass is 10.1. The predicted molar refractivity (Wildman–Crippen MR) is 131 cm³/mol. The van der Waals surface area contributed by atoms with Gasteiger partial charge in [0.2, 0.25) is 5.90 Å². The number of nitro benzene ring substituents is 1. The van der Waals surface area contributed by atoms with E-state index in [1.807, 2.05) is 0 Å². The Morgan fingerprint density at radius 1 is 1.15 bits per heavy atom. The Labute approximate surface area is 210 Å². The number of ether oxygens (including phenoxy) is 2. The van der Waals surface area contributed by atoms with Crippen LogP contribution < -0.4 is 4.74 Å². The molecule has 4 rings (SSSR count). The highest BCUT2D eigenvalue weighted by Gasteiger charge is 2.26. The molecule has 0 spiro atoms. The molecule has 0 aliphatic carbocycles. The molecule has 7 nitrogen and oxygen atoms in total. The summed E-state index contributed by atoms with van der Waals surface area (Å²) in [5.74, 6) is -0.577. The molecule has 1 aliphatic heterocycles. The van der Waals surface area contributed by atoms with Crippen molar-refractivity contribution in [1.82, 2.24) is 0 Å². The van der Waals surface area contributed by atoms with Gasteiger partial charge in [-0.3, -0.25) is 10.1 Å². The first kappa shape index (κ1) is 23.8. The lowest BCUT2D eigenvalue weighted by Crippen LogP contribution is -2.06. The molecule has 0 saturated carbocycles. The number of hydrogen-bond acceptors (Lipinski definition) is 6. The van der Waals surface area contributed by atoms with Crippen LogP contribution in [0.5, 0.6) is 5.75 Å². The fourth-order valence-corrected chi connectivity index (χ4v) is 4.65. The molecule has 0 radical (unpaired) electrons. The molecule has 3 aromatic rings. The number of esters is 1. The van der Waals surface area contributed by atoms with E-state index in [0.29, 0.717) is 36.9 Å². The summed E-state index contributed by atoms with van der Waals surface area (Å²) < 4.78 is 26.0. The first-order valence-electron chi connectivity index (χ1n) is 9.86. The molecule has 0 saturated heterocycles. The minimum Gasteiger partial charge on any atom is -0.486 e. The molecule has 0 N–H and O–H groups in total. The van der Waals surface area contributed by atoms with Gasteiger partial charge in [0.05, 0.1) is 13.9 Å². The third kappa shape index (κ3) is 5.07. The van der Waals surface area contributed by atoms with E-state index in [9.17, 15) is 19.3 Å². The van der Waals surface area contributed by atoms with Crippen LogP contribution >= 0.6 is 31.9 Å². The SMILES string of the molecule is Cc1ccc(C2=N/C(=C\c3cc(Br)c(OCc4ccccc4F)c(Br)c3)C(=O)O2)cc1[N+](=O)[O-]. The van der Waals surface area contributed by atoms with E-state index in [2.05, 4.69) is 36.9 Å². The molecule has 0 amide bonds. The van der Waals surface area contributed by atoms with Gasteiger partial charge in [0, 0.05) is 22.8 Å². The summed E-state index contributed by atoms with van der Waals surface area (Å²) >= 11 is 6.88. The van der Waals surface area contributed by atoms with Crippen molar-refractivity contribution in [3.05, 3.63) is 107 Å². The van der Waals surface area contributed by atoms with Crippen LogP contribution in [0.3, 0.4) is 0 Å². The Hall–Kier alpha value is -3.37. The van der Waals surface area contributed by atoms with Crippen LogP contribution in [0.2, 0.25) is 0 Å². The van der Waals surface area contributed by atoms with Crippen molar-refractivity contribution >= 4 is 55.5 Å². The first-order valence-corrected chi connectivity index (χ1v) is 11.4. The van der Waals surface area contributed by atoms with E-state index in [0.717, 1.165) is 0 Å². The highest BCUT2D eigenvalue weighted by Crippen LogP contribution is 2.36. The second-order valence-corrected chi connectivity index (χ2v) is 9.00. The Balaban J connectivity index is 1.58. The highest BCUT2D eigenvalue weighted by molar-refractivity contribution is 9.11. The standard InChI is InChI=1S/C24H15Br2FN2O5/c1-13-6-7-15(11-21(13)29(31)32)23-28-20(24(30)34-23)10-14-8-17(25)22(18(26)9-14)33-12-16-4-2-3-5-19(16)27/h2-11H,12H2,1H3/b20-10-. The third-order valence-electron chi connectivity index (χ3n) is 4.93. The van der Waals surface area contributed by atoms with Crippen molar-refractivity contribution in [2.45, 2.75) is 13.5 Å². The number of carbonyl (C=O) groups excluding carboxylic acids is 1. The van der Waals surface area contributed by atoms with E-state index in [1.165, 1.54) is 18.2 Å². The van der Waals surface area contributed by atoms with Gasteiger partial charge >= 0.3 is 5.97 Å². The van der Waals surface area contributed by atoms with Crippen molar-refractivity contribution in [2.75, 3.05) is 0 Å². The summed E-state index contributed by atoms with van der Waals surface area (Å²) in [6.07, 6.45) is 1.52. The zero-order valence-electron chi connectivity index (χ0n) is 17.6. The van der Waals surface area contributed by atoms with Gasteiger partial charge in [-0.05, 0) is 74.7 Å². The molecular weight excluding hydrogens is 575 g/mol. The van der Waals surface area contributed by atoms with Crippen molar-refractivity contribution < 1.29 is 23.6 Å². The molecule has 172 valence electrons. The first-order chi connectivity index (χ1) is 16.2. The Morgan fingerprint density at radius 2 is 1.85 bits per heavy atom. The number of nitrogens with zero attached hydrogens (tertiary/aromatic N) is 2. The minimum atomic E-state index is -0.676. The number of halogens is 3. The molecule has 3 aromatic carbocycles. The monoisotopic (exact) mass is 588 g/mol. The van der Waals surface area contributed by atoms with E-state index in [1.54, 1.807) is 49.4 Å². The minimum absolute atomic E-state index is 0.0117. The summed E-state index contributed by atoms with van der Waals surface area (Å²) in [7, 11) is 0. The average molecular weight is 590 g/mol. The number of carbonyl (C=O) groups is 1. The van der Waals surface area contributed by atoms with Gasteiger partial charge in [-0.2, -0.15) is 0 Å². The number of rotatable bonds is 6. The summed E-state index contributed by atoms with van der Waals surface area (Å²) in [6.45, 7) is 1.65. The molecule has 1 heterocycles. The Kier molecular flexibility index (Phi) is 6.90. The van der Waals surface area contributed by atoms with E-state index in [4.69, 9.17) is 9.47 Å². The Bertz CT molecular complexity index is 1360. The second-order valence-electron chi connectivity index (χ2n) is 7.29. The number of benzene rings is 3. The zero-order valence-corrected chi connectivity index (χ0v) is 20.7. The highest BCUT2D eigenvalue weighted by atomic mass is 79.9. The fourth-order valence-electron chi connectivity index (χ4n) is 3.20. The lowest BCUT2D eigenvalue weighted by molar-refractivity contribution is -0.385. The van der Waals surface area contributed by atoms with Crippen LogP contribution in [-0.4, -0.2) is 16.8 Å². The molecule has 0 atom stereocenters. The van der Waals surface area contributed by atoms with Gasteiger partial charge in [0.15, 0.2) is 5.70 Å². The topological polar surface area (TPSA) is 91.0 Å². The van der Waals surface area contributed by atoms with E-state index in [-0.39, 0.29) is 29.7 Å². The predicted octanol–water partition coefficient (Wildman–Crippen LogP) is 6.49. The maximum absolute atomic E-state index is 13.9. The molecule has 0 fully saturated rings. The van der Waals surface area contributed by atoms with Gasteiger partial charge in [-0.25, -0.2) is 14.2 Å². The van der Waals surface area contributed by atoms with Crippen molar-refractivity contribution in [3.63, 3.8) is 0 Å². The molecule has 0 unspecified atom stereocenters. The van der Waals surface area contributed by atoms with Crippen LogP contribution in [0.15, 0.2) is 74.2 Å². The number of aryl methyl sites for hydroxylation is 1. The van der Waals surface area contributed by atoms with Crippen molar-refractivity contribution in [3.8, 4) is 5.75 Å². The molecule has 0 bridgehead atoms. The van der Waals surface area contributed by atoms with Crippen LogP contribution in [-0.2, 0) is 16.1 Å². The second kappa shape index (κ2) is 9.86. The van der Waals surface area contributed by atoms with Gasteiger partial charge in [-0.15, -0.1) is 0 Å². The van der Waals surface area contributed by atoms with E-state index >= 15 is 0 Å². The van der Waals surface area contributed by atoms with Gasteiger partial charge in [0.25, 0.3) is 5.69 Å². The van der Waals surface area contributed by atoms with Gasteiger partial charge < -0.3 is 9.47 Å². The maximum Gasteiger partial charge on any atom is 0.363 e. The number of aliphatic imine (C=N–C) groups is 1. The third-order valence-corrected chi connectivity index (χ3v) is 6.11. The zero-order chi connectivity index (χ0) is 24.4. The van der Waals surface area contributed by atoms with E-state index < -0.39 is 10.9 Å². The average Bonchev–Trinajstić information content (AvgIpc) is 3.14. The summed E-state index contributed by atoms with van der Waals surface area (Å²) in [6, 6.07) is 14.3. The molecule has 1 aliphatic rings. The number of nitro groups is 1. The Morgan fingerprint density at radius 3 is 2.53 bits per heavy atom. The normalized spacial score (nSPS) is 14.2. The fraction of sp³-hybridized carbons (Fsp3) is 0.0833. The van der Waals surface area contributed by atoms with Crippen LogP contribution in [0.1, 0.15) is 22.3 Å². The smallest absolute Gasteiger partial charge is 0.363 e. The molecule has 10 heteroatoms. The van der Waals surface area contributed by atoms with Gasteiger partial charge in [-0.1, -0.05) is 24.3 Å². The summed E-state index contributed by atoms with van der Waals surface area (Å²) in [4.78, 5) is 27.3. The summed E-state index contributed by atoms with van der Waals surface area (Å²) in [5, 5.41) is 11.2. The maximum atomic E-state index is 13.9. The summed E-state index contributed by atoms with van der Waals surface area (Å²) in [5.41, 5.74) is 1.79.